The van der Waals surface area contributed by atoms with Crippen LogP contribution >= 0.6 is 11.6 Å². The number of oxime groups is 1. The lowest BCUT2D eigenvalue weighted by Crippen LogP contribution is -2.42. The molecule has 0 spiro atoms. The molecule has 1 N–H and O–H groups in total. The van der Waals surface area contributed by atoms with Crippen molar-refractivity contribution < 1.29 is 24.2 Å². The number of hydrogen-bond donors (Lipinski definition) is 1. The monoisotopic (exact) mass is 443 g/mol. The maximum Gasteiger partial charge on any atom is 0.347 e. The Bertz CT molecular complexity index is 1100. The Balaban J connectivity index is 1.66. The van der Waals surface area contributed by atoms with E-state index in [4.69, 9.17) is 25.9 Å². The molecule has 0 amide bonds. The molecule has 3 rings (SSSR count). The summed E-state index contributed by atoms with van der Waals surface area (Å²) in [5.74, 6) is 0.109. The third-order valence-corrected chi connectivity index (χ3v) is 4.48. The van der Waals surface area contributed by atoms with Crippen LogP contribution in [-0.2, 0) is 9.63 Å². The molecule has 1 heterocycles. The maximum absolute atomic E-state index is 11.7. The summed E-state index contributed by atoms with van der Waals surface area (Å²) in [5, 5.41) is 14.0. The normalized spacial score (nSPS) is 12.6. The topological polar surface area (TPSA) is 103 Å². The number of ether oxygens (including phenoxy) is 2. The number of aliphatic carboxylic acids is 1. The van der Waals surface area contributed by atoms with E-state index in [0.717, 1.165) is 5.71 Å². The van der Waals surface area contributed by atoms with Crippen molar-refractivity contribution in [1.82, 2.24) is 9.97 Å². The average Bonchev–Trinajstić information content (AvgIpc) is 2.72. The van der Waals surface area contributed by atoms with Gasteiger partial charge in [-0.05, 0) is 63.2 Å². The van der Waals surface area contributed by atoms with Crippen molar-refractivity contribution in [3.63, 3.8) is 0 Å². The zero-order chi connectivity index (χ0) is 22.4. The highest BCUT2D eigenvalue weighted by Gasteiger charge is 2.35. The number of carboxylic acid groups (broad SMARTS) is 1. The highest BCUT2D eigenvalue weighted by atomic mass is 35.5. The molecule has 0 saturated heterocycles. The zero-order valence-electron chi connectivity index (χ0n) is 17.3. The van der Waals surface area contributed by atoms with Gasteiger partial charge in [-0.3, -0.25) is 0 Å². The Kier molecular flexibility index (Phi) is 6.91. The van der Waals surface area contributed by atoms with E-state index in [-0.39, 0.29) is 13.0 Å². The third-order valence-electron chi connectivity index (χ3n) is 4.24. The van der Waals surface area contributed by atoms with E-state index in [1.165, 1.54) is 13.1 Å². The minimum atomic E-state index is -1.47. The van der Waals surface area contributed by atoms with Gasteiger partial charge in [-0.2, -0.15) is 0 Å². The number of fused-ring (bicyclic) bond motifs is 1. The van der Waals surface area contributed by atoms with Crippen LogP contribution in [0.15, 0.2) is 53.8 Å². The summed E-state index contributed by atoms with van der Waals surface area (Å²) in [5.41, 5.74) is 0.600. The molecule has 1 aromatic heterocycles. The molecule has 0 bridgehead atoms. The van der Waals surface area contributed by atoms with E-state index in [2.05, 4.69) is 15.1 Å². The smallest absolute Gasteiger partial charge is 0.347 e. The van der Waals surface area contributed by atoms with Gasteiger partial charge in [0.1, 0.15) is 18.1 Å². The Morgan fingerprint density at radius 1 is 1.13 bits per heavy atom. The van der Waals surface area contributed by atoms with Crippen molar-refractivity contribution in [2.24, 2.45) is 5.16 Å². The van der Waals surface area contributed by atoms with Gasteiger partial charge in [0, 0.05) is 11.4 Å². The van der Waals surface area contributed by atoms with E-state index in [9.17, 15) is 9.90 Å². The lowest BCUT2D eigenvalue weighted by Gasteiger charge is -2.25. The van der Waals surface area contributed by atoms with E-state index in [1.807, 2.05) is 0 Å². The van der Waals surface area contributed by atoms with Crippen molar-refractivity contribution in [2.75, 3.05) is 6.61 Å². The first-order valence-corrected chi connectivity index (χ1v) is 9.89. The lowest BCUT2D eigenvalue weighted by molar-refractivity contribution is -0.155. The first-order chi connectivity index (χ1) is 14.7. The molecule has 2 aromatic carbocycles. The second-order valence-electron chi connectivity index (χ2n) is 7.17. The quantitative estimate of drug-likeness (QED) is 0.278. The van der Waals surface area contributed by atoms with Crippen molar-refractivity contribution in [1.29, 1.82) is 0 Å². The molecular formula is C22H22ClN3O5. The van der Waals surface area contributed by atoms with Crippen LogP contribution in [0, 0.1) is 0 Å². The van der Waals surface area contributed by atoms with Gasteiger partial charge in [0.2, 0.25) is 11.5 Å². The average molecular weight is 444 g/mol. The summed E-state index contributed by atoms with van der Waals surface area (Å²) in [6.45, 7) is 5.18. The van der Waals surface area contributed by atoms with Crippen molar-refractivity contribution in [2.45, 2.75) is 32.8 Å². The first kappa shape index (κ1) is 22.3. The molecule has 0 aliphatic carbocycles. The summed E-state index contributed by atoms with van der Waals surface area (Å²) >= 11 is 5.96. The Morgan fingerprint density at radius 2 is 1.84 bits per heavy atom. The number of hydrogen-bond acceptors (Lipinski definition) is 7. The summed E-state index contributed by atoms with van der Waals surface area (Å²) in [7, 11) is 0. The van der Waals surface area contributed by atoms with Crippen LogP contribution in [0.1, 0.15) is 27.2 Å². The number of aromatic nitrogens is 2. The molecule has 3 aromatic rings. The second kappa shape index (κ2) is 9.61. The van der Waals surface area contributed by atoms with Gasteiger partial charge in [-0.1, -0.05) is 16.8 Å². The number of carboxylic acids is 1. The summed E-state index contributed by atoms with van der Waals surface area (Å²) < 4.78 is 11.5. The van der Waals surface area contributed by atoms with Crippen LogP contribution in [0.4, 0.5) is 0 Å². The Hall–Kier alpha value is -3.39. The minimum absolute atomic E-state index is 0.112. The van der Waals surface area contributed by atoms with Gasteiger partial charge < -0.3 is 19.4 Å². The molecule has 9 heteroatoms. The summed E-state index contributed by atoms with van der Waals surface area (Å²) in [6, 6.07) is 11.8. The molecule has 162 valence electrons. The fourth-order valence-electron chi connectivity index (χ4n) is 2.59. The van der Waals surface area contributed by atoms with E-state index < -0.39 is 11.6 Å². The number of benzene rings is 2. The van der Waals surface area contributed by atoms with Crippen LogP contribution in [0.2, 0.25) is 5.02 Å². The van der Waals surface area contributed by atoms with Gasteiger partial charge in [-0.25, -0.2) is 14.8 Å². The van der Waals surface area contributed by atoms with Crippen molar-refractivity contribution in [3.05, 3.63) is 53.7 Å². The third kappa shape index (κ3) is 6.05. The van der Waals surface area contributed by atoms with E-state index >= 15 is 0 Å². The molecule has 31 heavy (non-hydrogen) atoms. The summed E-state index contributed by atoms with van der Waals surface area (Å²) in [4.78, 5) is 25.5. The van der Waals surface area contributed by atoms with Crippen LogP contribution < -0.4 is 9.47 Å². The fourth-order valence-corrected chi connectivity index (χ4v) is 2.76. The number of carbonyl (C=O) groups is 1. The van der Waals surface area contributed by atoms with Gasteiger partial charge in [0.05, 0.1) is 22.9 Å². The lowest BCUT2D eigenvalue weighted by atomic mass is 10.0. The number of halogens is 1. The van der Waals surface area contributed by atoms with E-state index in [0.29, 0.717) is 33.4 Å². The maximum atomic E-state index is 11.7. The largest absolute Gasteiger partial charge is 0.478 e. The van der Waals surface area contributed by atoms with Crippen molar-refractivity contribution >= 4 is 34.3 Å². The van der Waals surface area contributed by atoms with Gasteiger partial charge in [0.15, 0.2) is 0 Å². The Morgan fingerprint density at radius 3 is 2.52 bits per heavy atom. The standard InChI is InChI=1S/C22H22ClN3O5/c1-14(2)26-29-11-10-22(3,21(27)28)31-17-7-5-16(6-8-17)30-20-13-24-19-12-15(23)4-9-18(19)25-20/h4-9,12-13H,10-11H2,1-3H3,(H,27,28)/t22-/m1/s1. The molecule has 1 atom stereocenters. The minimum Gasteiger partial charge on any atom is -0.478 e. The Labute approximate surface area is 184 Å². The molecule has 8 nitrogen and oxygen atoms in total. The van der Waals surface area contributed by atoms with Crippen molar-refractivity contribution in [3.8, 4) is 17.4 Å². The molecule has 0 saturated carbocycles. The van der Waals surface area contributed by atoms with Crippen LogP contribution in [-0.4, -0.2) is 39.0 Å². The molecule has 0 unspecified atom stereocenters. The predicted molar refractivity (Wildman–Crippen MR) is 117 cm³/mol. The van der Waals surface area contributed by atoms with Crippen LogP contribution in [0.5, 0.6) is 17.4 Å². The van der Waals surface area contributed by atoms with Gasteiger partial charge in [-0.15, -0.1) is 0 Å². The van der Waals surface area contributed by atoms with Gasteiger partial charge >= 0.3 is 5.97 Å². The SMILES string of the molecule is CC(C)=NOCC[C@@](C)(Oc1ccc(Oc2cnc3cc(Cl)ccc3n2)cc1)C(=O)O. The molecule has 0 aliphatic rings. The van der Waals surface area contributed by atoms with E-state index in [1.54, 1.807) is 56.3 Å². The predicted octanol–water partition coefficient (Wildman–Crippen LogP) is 5.10. The first-order valence-electron chi connectivity index (χ1n) is 9.51. The molecule has 0 aliphatic heterocycles. The number of rotatable bonds is 9. The second-order valence-corrected chi connectivity index (χ2v) is 7.61. The van der Waals surface area contributed by atoms with Gasteiger partial charge in [0.25, 0.3) is 0 Å². The molecule has 0 fully saturated rings. The molecule has 0 radical (unpaired) electrons. The fraction of sp³-hybridized carbons (Fsp3) is 0.273. The highest BCUT2D eigenvalue weighted by Crippen LogP contribution is 2.27. The molecular weight excluding hydrogens is 422 g/mol. The summed E-state index contributed by atoms with van der Waals surface area (Å²) in [6.07, 6.45) is 1.62. The van der Waals surface area contributed by atoms with Crippen LogP contribution in [0.3, 0.4) is 0 Å². The number of nitrogens with zero attached hydrogens (tertiary/aromatic N) is 3. The van der Waals surface area contributed by atoms with Crippen LogP contribution in [0.25, 0.3) is 11.0 Å². The zero-order valence-corrected chi connectivity index (χ0v) is 18.1. The highest BCUT2D eigenvalue weighted by molar-refractivity contribution is 6.31.